The van der Waals surface area contributed by atoms with Crippen LogP contribution >= 0.6 is 45.2 Å². The normalized spacial score (nSPS) is 21.9. The van der Waals surface area contributed by atoms with Crippen molar-refractivity contribution >= 4 is 56.6 Å². The minimum Gasteiger partial charge on any atom is -0.383 e. The van der Waals surface area contributed by atoms with Crippen molar-refractivity contribution in [1.82, 2.24) is 9.97 Å². The molecule has 0 bridgehead atoms. The first-order valence-corrected chi connectivity index (χ1v) is 13.0. The van der Waals surface area contributed by atoms with Crippen LogP contribution in [-0.4, -0.2) is 53.3 Å². The third kappa shape index (κ3) is 5.63. The third-order valence-electron chi connectivity index (χ3n) is 5.71. The van der Waals surface area contributed by atoms with Gasteiger partial charge in [-0.3, -0.25) is 9.97 Å². The molecule has 2 aromatic heterocycles. The van der Waals surface area contributed by atoms with Crippen LogP contribution in [0.1, 0.15) is 17.0 Å². The van der Waals surface area contributed by atoms with Gasteiger partial charge >= 0.3 is 18.5 Å². The summed E-state index contributed by atoms with van der Waals surface area (Å²) in [7, 11) is 0. The molecule has 3 unspecified atom stereocenters. The average molecular weight is 768 g/mol. The minimum atomic E-state index is -5.40. The van der Waals surface area contributed by atoms with Gasteiger partial charge in [-0.15, -0.1) is 0 Å². The molecule has 0 saturated carbocycles. The zero-order valence-electron chi connectivity index (χ0n) is 18.0. The van der Waals surface area contributed by atoms with E-state index in [1.807, 2.05) is 0 Å². The molecule has 6 nitrogen and oxygen atoms in total. The zero-order chi connectivity index (χ0) is 28.0. The molecule has 0 saturated heterocycles. The van der Waals surface area contributed by atoms with E-state index < -0.39 is 70.5 Å². The fourth-order valence-electron chi connectivity index (χ4n) is 4.00. The molecule has 0 aliphatic carbocycles. The first-order valence-electron chi connectivity index (χ1n) is 9.99. The van der Waals surface area contributed by atoms with Gasteiger partial charge in [-0.25, -0.2) is 5.01 Å². The number of hydrogen-bond acceptors (Lipinski definition) is 6. The van der Waals surface area contributed by atoms with E-state index in [0.717, 1.165) is 12.1 Å². The van der Waals surface area contributed by atoms with Crippen molar-refractivity contribution in [2.75, 3.05) is 13.9 Å². The highest BCUT2D eigenvalue weighted by atomic mass is 127. The lowest BCUT2D eigenvalue weighted by molar-refractivity contribution is -0.244. The Bertz CT molecular complexity index is 1160. The zero-order valence-corrected chi connectivity index (χ0v) is 22.3. The highest BCUT2D eigenvalue weighted by Crippen LogP contribution is 2.52. The first kappa shape index (κ1) is 30.1. The largest absolute Gasteiger partial charge is 0.433 e. The lowest BCUT2D eigenvalue weighted by Crippen LogP contribution is -2.61. The van der Waals surface area contributed by atoms with Gasteiger partial charge in [-0.1, -0.05) is 45.2 Å². The summed E-state index contributed by atoms with van der Waals surface area (Å²) in [5, 5.41) is 26.2. The quantitative estimate of drug-likeness (QED) is 0.232. The molecule has 0 fully saturated rings. The molecule has 204 valence electrons. The minimum absolute atomic E-state index is 0.140. The summed E-state index contributed by atoms with van der Waals surface area (Å²) in [5.74, 6) is -1.25. The van der Waals surface area contributed by atoms with E-state index in [9.17, 15) is 49.7 Å². The molecular formula is C20H15F9I2N4O2. The van der Waals surface area contributed by atoms with Crippen molar-refractivity contribution in [2.24, 2.45) is 16.4 Å². The second-order valence-corrected chi connectivity index (χ2v) is 9.64. The highest BCUT2D eigenvalue weighted by molar-refractivity contribution is 14.1. The standard InChI is InChI=1S/C20H15F9I2N4O2/c21-18(22,23)12-5-9(1-3-32-12)14-17(10(7-30)8-31,15(36)20(27,28)29)16(37)35(34-14)11-2-4-33-13(6-11)19(24,25)26/h1-6,10,15-16,36-37H,7-8H2. The number of aromatic nitrogens is 2. The van der Waals surface area contributed by atoms with E-state index in [-0.39, 0.29) is 8.86 Å². The summed E-state index contributed by atoms with van der Waals surface area (Å²) < 4.78 is 122. The number of aliphatic hydroxyl groups is 2. The smallest absolute Gasteiger partial charge is 0.383 e. The van der Waals surface area contributed by atoms with Crippen molar-refractivity contribution in [1.29, 1.82) is 0 Å². The Labute approximate surface area is 230 Å². The topological polar surface area (TPSA) is 81.8 Å². The second-order valence-electron chi connectivity index (χ2n) is 7.87. The Hall–Kier alpha value is -1.48. The van der Waals surface area contributed by atoms with Crippen molar-refractivity contribution in [3.05, 3.63) is 53.6 Å². The molecule has 0 radical (unpaired) electrons. The van der Waals surface area contributed by atoms with Gasteiger partial charge in [-0.2, -0.15) is 44.6 Å². The van der Waals surface area contributed by atoms with E-state index in [1.54, 1.807) is 45.2 Å². The Morgan fingerprint density at radius 3 is 1.89 bits per heavy atom. The second kappa shape index (κ2) is 10.6. The third-order valence-corrected chi connectivity index (χ3v) is 7.84. The highest BCUT2D eigenvalue weighted by Gasteiger charge is 2.66. The Kier molecular flexibility index (Phi) is 8.61. The molecule has 3 heterocycles. The molecule has 2 N–H and O–H groups in total. The maximum Gasteiger partial charge on any atom is 0.433 e. The van der Waals surface area contributed by atoms with Crippen LogP contribution in [0.4, 0.5) is 45.2 Å². The molecule has 3 rings (SSSR count). The lowest BCUT2D eigenvalue weighted by atomic mass is 9.66. The van der Waals surface area contributed by atoms with E-state index in [4.69, 9.17) is 0 Å². The lowest BCUT2D eigenvalue weighted by Gasteiger charge is -2.44. The monoisotopic (exact) mass is 768 g/mol. The summed E-state index contributed by atoms with van der Waals surface area (Å²) in [5.41, 5.74) is -7.63. The Balaban J connectivity index is 2.36. The molecule has 0 amide bonds. The number of pyridine rings is 2. The maximum absolute atomic E-state index is 14.1. The number of aliphatic hydroxyl groups excluding tert-OH is 2. The fraction of sp³-hybridized carbons (Fsp3) is 0.450. The van der Waals surface area contributed by atoms with E-state index >= 15 is 0 Å². The van der Waals surface area contributed by atoms with E-state index in [0.29, 0.717) is 29.5 Å². The fourth-order valence-corrected chi connectivity index (χ4v) is 7.27. The van der Waals surface area contributed by atoms with E-state index in [2.05, 4.69) is 15.1 Å². The van der Waals surface area contributed by atoms with Gasteiger partial charge in [0, 0.05) is 26.8 Å². The van der Waals surface area contributed by atoms with Crippen molar-refractivity contribution in [3.8, 4) is 0 Å². The Morgan fingerprint density at radius 1 is 0.892 bits per heavy atom. The van der Waals surface area contributed by atoms with E-state index in [1.165, 1.54) is 0 Å². The van der Waals surface area contributed by atoms with Gasteiger partial charge in [0.15, 0.2) is 12.3 Å². The Morgan fingerprint density at radius 2 is 1.41 bits per heavy atom. The van der Waals surface area contributed by atoms with Gasteiger partial charge < -0.3 is 10.2 Å². The van der Waals surface area contributed by atoms with Gasteiger partial charge in [-0.05, 0) is 30.2 Å². The maximum atomic E-state index is 14.1. The van der Waals surface area contributed by atoms with Gasteiger partial charge in [0.1, 0.15) is 16.8 Å². The molecule has 0 aromatic carbocycles. The average Bonchev–Trinajstić information content (AvgIpc) is 3.11. The van der Waals surface area contributed by atoms with Crippen LogP contribution in [0.15, 0.2) is 41.8 Å². The van der Waals surface area contributed by atoms with Crippen LogP contribution < -0.4 is 5.01 Å². The number of nitrogens with zero attached hydrogens (tertiary/aromatic N) is 4. The number of hydrazone groups is 1. The SMILES string of the molecule is OC1N(c2ccnc(C(F)(F)F)c2)N=C(c2ccnc(C(F)(F)F)c2)C1(C(CI)CI)C(O)C(F)(F)F. The van der Waals surface area contributed by atoms with Crippen LogP contribution in [0.5, 0.6) is 0 Å². The van der Waals surface area contributed by atoms with Crippen molar-refractivity contribution < 1.29 is 49.7 Å². The predicted octanol–water partition coefficient (Wildman–Crippen LogP) is 5.45. The summed E-state index contributed by atoms with van der Waals surface area (Å²) >= 11 is 3.38. The van der Waals surface area contributed by atoms with Crippen LogP contribution in [-0.2, 0) is 12.4 Å². The summed E-state index contributed by atoms with van der Waals surface area (Å²) in [6.07, 6.45) is -19.8. The van der Waals surface area contributed by atoms with Crippen LogP contribution in [0.25, 0.3) is 0 Å². The van der Waals surface area contributed by atoms with Crippen LogP contribution in [0.3, 0.4) is 0 Å². The summed E-state index contributed by atoms with van der Waals surface area (Å²) in [6, 6.07) is 2.65. The predicted molar refractivity (Wildman–Crippen MR) is 129 cm³/mol. The number of anilines is 1. The van der Waals surface area contributed by atoms with Gasteiger partial charge in [0.2, 0.25) is 0 Å². The number of halogens is 11. The van der Waals surface area contributed by atoms with Gasteiger partial charge in [0.25, 0.3) is 0 Å². The molecular weight excluding hydrogens is 753 g/mol. The summed E-state index contributed by atoms with van der Waals surface area (Å²) in [4.78, 5) is 6.32. The number of rotatable bonds is 6. The molecule has 0 spiro atoms. The van der Waals surface area contributed by atoms with Crippen LogP contribution in [0.2, 0.25) is 0 Å². The van der Waals surface area contributed by atoms with Crippen LogP contribution in [0, 0.1) is 11.3 Å². The molecule has 1 aliphatic heterocycles. The number of alkyl halides is 11. The first-order chi connectivity index (χ1) is 17.0. The molecule has 17 heteroatoms. The summed E-state index contributed by atoms with van der Waals surface area (Å²) in [6.45, 7) is 0. The molecule has 3 atom stereocenters. The van der Waals surface area contributed by atoms with Gasteiger partial charge in [0.05, 0.1) is 11.4 Å². The molecule has 2 aromatic rings. The van der Waals surface area contributed by atoms with Crippen molar-refractivity contribution in [3.63, 3.8) is 0 Å². The number of hydrogen-bond donors (Lipinski definition) is 2. The van der Waals surface area contributed by atoms with Crippen molar-refractivity contribution in [2.45, 2.75) is 30.9 Å². The molecule has 1 aliphatic rings. The molecule has 37 heavy (non-hydrogen) atoms.